The van der Waals surface area contributed by atoms with Gasteiger partial charge in [-0.15, -0.1) is 0 Å². The summed E-state index contributed by atoms with van der Waals surface area (Å²) < 4.78 is 28.0. The topological polar surface area (TPSA) is 73.2 Å². The smallest absolute Gasteiger partial charge is 0.335 e. The van der Waals surface area contributed by atoms with Gasteiger partial charge in [0.1, 0.15) is 5.66 Å². The van der Waals surface area contributed by atoms with Crippen molar-refractivity contribution in [1.82, 2.24) is 9.80 Å². The molecule has 1 saturated heterocycles. The van der Waals surface area contributed by atoms with Crippen LogP contribution in [0, 0.1) is 16.7 Å². The first kappa shape index (κ1) is 29.5. The molecule has 1 amide bonds. The maximum absolute atomic E-state index is 14.3. The minimum atomic E-state index is -2.71. The summed E-state index contributed by atoms with van der Waals surface area (Å²) in [7, 11) is 0. The van der Waals surface area contributed by atoms with Crippen LogP contribution in [0.25, 0.3) is 0 Å². The molecule has 1 aliphatic carbocycles. The van der Waals surface area contributed by atoms with E-state index in [0.717, 1.165) is 37.7 Å². The van der Waals surface area contributed by atoms with Crippen molar-refractivity contribution in [2.75, 3.05) is 13.1 Å². The number of nitrogens with zero attached hydrogens (tertiary/aromatic N) is 3. The van der Waals surface area contributed by atoms with Crippen molar-refractivity contribution in [1.29, 1.82) is 0 Å². The fourth-order valence-corrected chi connectivity index (χ4v) is 6.44. The van der Waals surface area contributed by atoms with Crippen molar-refractivity contribution >= 4 is 17.7 Å². The van der Waals surface area contributed by atoms with E-state index in [0.29, 0.717) is 18.2 Å². The number of carbonyl (C=O) groups excluding carboxylic acids is 1. The fourth-order valence-electron chi connectivity index (χ4n) is 6.44. The number of aromatic carboxylic acids is 1. The van der Waals surface area contributed by atoms with E-state index in [1.165, 1.54) is 0 Å². The van der Waals surface area contributed by atoms with Crippen LogP contribution in [0.3, 0.4) is 0 Å². The first-order valence-electron chi connectivity index (χ1n) is 14.4. The zero-order chi connectivity index (χ0) is 28.8. The van der Waals surface area contributed by atoms with Crippen molar-refractivity contribution in [3.8, 4) is 0 Å². The van der Waals surface area contributed by atoms with Gasteiger partial charge in [-0.1, -0.05) is 53.7 Å². The van der Waals surface area contributed by atoms with E-state index in [1.54, 1.807) is 17.0 Å². The lowest BCUT2D eigenvalue weighted by molar-refractivity contribution is -0.134. The highest BCUT2D eigenvalue weighted by atomic mass is 19.3. The Morgan fingerprint density at radius 1 is 1.03 bits per heavy atom. The summed E-state index contributed by atoms with van der Waals surface area (Å²) in [5.41, 5.74) is 0.547. The van der Waals surface area contributed by atoms with Gasteiger partial charge in [-0.25, -0.2) is 18.6 Å². The third-order valence-electron chi connectivity index (χ3n) is 9.00. The van der Waals surface area contributed by atoms with E-state index in [2.05, 4.69) is 41.5 Å². The Kier molecular flexibility index (Phi) is 7.91. The normalized spacial score (nSPS) is 26.6. The average molecular weight is 546 g/mol. The van der Waals surface area contributed by atoms with Gasteiger partial charge in [-0.2, -0.15) is 0 Å². The molecule has 1 saturated carbocycles. The van der Waals surface area contributed by atoms with Crippen LogP contribution in [0.5, 0.6) is 0 Å². The highest BCUT2D eigenvalue weighted by Crippen LogP contribution is 2.50. The molecular formula is C31H45F2N3O3. The molecule has 1 spiro atoms. The zero-order valence-corrected chi connectivity index (χ0v) is 24.4. The first-order chi connectivity index (χ1) is 18.0. The summed E-state index contributed by atoms with van der Waals surface area (Å²) in [4.78, 5) is 34.7. The molecule has 2 heterocycles. The summed E-state index contributed by atoms with van der Waals surface area (Å²) in [6, 6.07) is 6.54. The van der Waals surface area contributed by atoms with E-state index in [9.17, 15) is 23.5 Å². The Hall–Kier alpha value is -2.51. The number of hydrogen-bond donors (Lipinski definition) is 1. The molecule has 3 aliphatic rings. The summed E-state index contributed by atoms with van der Waals surface area (Å²) in [6.07, 6.45) is 4.34. The van der Waals surface area contributed by atoms with Crippen LogP contribution < -0.4 is 0 Å². The molecule has 39 heavy (non-hydrogen) atoms. The predicted octanol–water partition coefficient (Wildman–Crippen LogP) is 7.16. The summed E-state index contributed by atoms with van der Waals surface area (Å²) in [5, 5.41) is 9.44. The number of carbonyl (C=O) groups is 2. The van der Waals surface area contributed by atoms with Crippen molar-refractivity contribution < 1.29 is 23.5 Å². The second-order valence-electron chi connectivity index (χ2n) is 14.1. The largest absolute Gasteiger partial charge is 0.478 e. The van der Waals surface area contributed by atoms with Crippen LogP contribution in [0.1, 0.15) is 115 Å². The molecule has 2 aliphatic heterocycles. The SMILES string of the molecule is CC(C)(C)CC[C@H](c1ccc(C(=O)O)cc1)N1C(=O)C(N2CCC(F)(F)CC2)=NC12CCC(C(C)(C)C)CC2. The number of aliphatic imine (C=N–C) groups is 1. The van der Waals surface area contributed by atoms with Crippen LogP contribution in [-0.4, -0.2) is 57.3 Å². The minimum absolute atomic E-state index is 0.0290. The van der Waals surface area contributed by atoms with E-state index in [1.807, 2.05) is 17.0 Å². The fraction of sp³-hybridized carbons (Fsp3) is 0.710. The molecule has 6 nitrogen and oxygen atoms in total. The molecule has 216 valence electrons. The highest BCUT2D eigenvalue weighted by molar-refractivity contribution is 6.39. The number of likely N-dealkylation sites (tertiary alicyclic amines) is 1. The van der Waals surface area contributed by atoms with Gasteiger partial charge in [0, 0.05) is 25.9 Å². The lowest BCUT2D eigenvalue weighted by Gasteiger charge is -2.47. The molecule has 1 aromatic carbocycles. The third kappa shape index (κ3) is 6.46. The van der Waals surface area contributed by atoms with Gasteiger partial charge in [0.05, 0.1) is 11.6 Å². The Balaban J connectivity index is 1.74. The number of halogens is 2. The Morgan fingerprint density at radius 2 is 1.59 bits per heavy atom. The van der Waals surface area contributed by atoms with Gasteiger partial charge in [0.25, 0.3) is 11.8 Å². The van der Waals surface area contributed by atoms with Crippen molar-refractivity contribution in [3.05, 3.63) is 35.4 Å². The average Bonchev–Trinajstić information content (AvgIpc) is 3.10. The van der Waals surface area contributed by atoms with E-state index < -0.39 is 17.6 Å². The molecule has 8 heteroatoms. The molecular weight excluding hydrogens is 500 g/mol. The third-order valence-corrected chi connectivity index (χ3v) is 9.00. The Labute approximate surface area is 231 Å². The van der Waals surface area contributed by atoms with Crippen molar-refractivity contribution in [2.45, 2.75) is 111 Å². The second-order valence-corrected chi connectivity index (χ2v) is 14.1. The molecule has 2 fully saturated rings. The second kappa shape index (κ2) is 10.5. The zero-order valence-electron chi connectivity index (χ0n) is 24.4. The number of benzene rings is 1. The van der Waals surface area contributed by atoms with E-state index in [-0.39, 0.29) is 54.3 Å². The molecule has 0 bridgehead atoms. The van der Waals surface area contributed by atoms with Crippen molar-refractivity contribution in [3.63, 3.8) is 0 Å². The monoisotopic (exact) mass is 545 g/mol. The number of alkyl halides is 2. The predicted molar refractivity (Wildman–Crippen MR) is 149 cm³/mol. The van der Waals surface area contributed by atoms with Gasteiger partial charge in [-0.05, 0) is 73.0 Å². The molecule has 0 aromatic heterocycles. The lowest BCUT2D eigenvalue weighted by atomic mass is 9.69. The molecule has 0 radical (unpaired) electrons. The molecule has 4 rings (SSSR count). The number of carboxylic acids is 1. The first-order valence-corrected chi connectivity index (χ1v) is 14.4. The van der Waals surface area contributed by atoms with Crippen LogP contribution in [0.2, 0.25) is 0 Å². The molecule has 1 atom stereocenters. The number of amidine groups is 1. The van der Waals surface area contributed by atoms with Crippen LogP contribution in [-0.2, 0) is 4.79 Å². The molecule has 0 unspecified atom stereocenters. The minimum Gasteiger partial charge on any atom is -0.478 e. The van der Waals surface area contributed by atoms with Gasteiger partial charge in [-0.3, -0.25) is 4.79 Å². The molecule has 1 N–H and O–H groups in total. The van der Waals surface area contributed by atoms with E-state index in [4.69, 9.17) is 4.99 Å². The van der Waals surface area contributed by atoms with Crippen LogP contribution >= 0.6 is 0 Å². The number of carboxylic acid groups (broad SMARTS) is 1. The summed E-state index contributed by atoms with van der Waals surface area (Å²) in [5.74, 6) is -3.05. The van der Waals surface area contributed by atoms with Crippen molar-refractivity contribution in [2.24, 2.45) is 21.7 Å². The number of amides is 1. The molecule has 1 aromatic rings. The number of hydrogen-bond acceptors (Lipinski definition) is 4. The maximum atomic E-state index is 14.3. The number of rotatable bonds is 5. The van der Waals surface area contributed by atoms with Crippen LogP contribution in [0.15, 0.2) is 29.3 Å². The standard InChI is InChI=1S/C31H45F2N3O3/c1-28(2,3)14-13-24(21-7-9-22(10-8-21)27(38)39)36-26(37)25(35-19-17-30(32,33)18-20-35)34-31(36)15-11-23(12-16-31)29(4,5)6/h7-10,23-24H,11-20H2,1-6H3,(H,38,39)/t23?,24-,31?/m1/s1. The quantitative estimate of drug-likeness (QED) is 0.426. The summed E-state index contributed by atoms with van der Waals surface area (Å²) >= 11 is 0. The maximum Gasteiger partial charge on any atom is 0.335 e. The Morgan fingerprint density at radius 3 is 2.08 bits per heavy atom. The number of piperidine rings is 1. The van der Waals surface area contributed by atoms with Crippen LogP contribution in [0.4, 0.5) is 8.78 Å². The van der Waals surface area contributed by atoms with Gasteiger partial charge in [0.15, 0.2) is 5.84 Å². The lowest BCUT2D eigenvalue weighted by Crippen LogP contribution is -2.53. The van der Waals surface area contributed by atoms with Gasteiger partial charge < -0.3 is 14.9 Å². The highest BCUT2D eigenvalue weighted by Gasteiger charge is 2.54. The van der Waals surface area contributed by atoms with Gasteiger partial charge in [0.2, 0.25) is 0 Å². The van der Waals surface area contributed by atoms with Gasteiger partial charge >= 0.3 is 5.97 Å². The Bertz CT molecular complexity index is 1080. The summed E-state index contributed by atoms with van der Waals surface area (Å²) in [6.45, 7) is 13.5. The van der Waals surface area contributed by atoms with E-state index >= 15 is 0 Å².